The number of hydrogen-bond donors (Lipinski definition) is 3. The lowest BCUT2D eigenvalue weighted by Crippen LogP contribution is -2.27. The Labute approximate surface area is 210 Å². The normalized spacial score (nSPS) is 10.9. The highest BCUT2D eigenvalue weighted by Crippen LogP contribution is 2.39. The number of nitrogens with zero attached hydrogens (tertiary/aromatic N) is 5. The van der Waals surface area contributed by atoms with Gasteiger partial charge in [0.2, 0.25) is 17.2 Å². The maximum atomic E-state index is 11.3. The molecule has 2 rings (SSSR count). The molecule has 1 heterocycles. The predicted octanol–water partition coefficient (Wildman–Crippen LogP) is 5.89. The van der Waals surface area contributed by atoms with Gasteiger partial charge in [-0.15, -0.1) is 0 Å². The van der Waals surface area contributed by atoms with Crippen LogP contribution in [0.3, 0.4) is 0 Å². The first-order chi connectivity index (χ1) is 16.2. The van der Waals surface area contributed by atoms with Gasteiger partial charge in [0.15, 0.2) is 5.69 Å². The van der Waals surface area contributed by atoms with Gasteiger partial charge in [0, 0.05) is 29.8 Å². The van der Waals surface area contributed by atoms with E-state index < -0.39 is 9.85 Å². The highest BCUT2D eigenvalue weighted by Gasteiger charge is 2.30. The highest BCUT2D eigenvalue weighted by molar-refractivity contribution is 6.28. The molecule has 0 aliphatic rings. The summed E-state index contributed by atoms with van der Waals surface area (Å²) in [5.41, 5.74) is 0.452. The number of nitrogens with one attached hydrogen (secondary N) is 3. The van der Waals surface area contributed by atoms with Crippen LogP contribution in [0.25, 0.3) is 0 Å². The smallest absolute Gasteiger partial charge is 0.302 e. The van der Waals surface area contributed by atoms with Gasteiger partial charge in [0.25, 0.3) is 5.69 Å². The Hall–Kier alpha value is -3.28. The zero-order valence-electron chi connectivity index (χ0n) is 21.5. The first-order valence-corrected chi connectivity index (χ1v) is 11.7. The van der Waals surface area contributed by atoms with Crippen LogP contribution in [-0.2, 0) is 0 Å². The third kappa shape index (κ3) is 9.12. The number of benzene rings is 1. The summed E-state index contributed by atoms with van der Waals surface area (Å²) in [4.78, 5) is 33.4. The van der Waals surface area contributed by atoms with Crippen LogP contribution in [-0.4, -0.2) is 42.9 Å². The first kappa shape index (κ1) is 29.8. The molecule has 194 valence electrons. The summed E-state index contributed by atoms with van der Waals surface area (Å²) in [6.45, 7) is 15.9. The van der Waals surface area contributed by atoms with E-state index in [1.165, 1.54) is 6.07 Å². The number of nitro groups is 2. The molecule has 0 atom stereocenters. The van der Waals surface area contributed by atoms with Crippen molar-refractivity contribution in [2.24, 2.45) is 0 Å². The minimum absolute atomic E-state index is 0.0109. The molecule has 0 spiro atoms. The van der Waals surface area contributed by atoms with Crippen molar-refractivity contribution < 1.29 is 9.85 Å². The third-order valence-corrected chi connectivity index (χ3v) is 5.11. The summed E-state index contributed by atoms with van der Waals surface area (Å²) in [6.07, 6.45) is 1.47. The van der Waals surface area contributed by atoms with Crippen molar-refractivity contribution in [3.63, 3.8) is 0 Å². The van der Waals surface area contributed by atoms with Crippen molar-refractivity contribution in [2.45, 2.75) is 79.8 Å². The molecule has 0 aliphatic carbocycles. The molecule has 0 bridgehead atoms. The third-order valence-electron chi connectivity index (χ3n) is 4.94. The van der Waals surface area contributed by atoms with Crippen LogP contribution in [0.15, 0.2) is 6.07 Å². The van der Waals surface area contributed by atoms with Crippen LogP contribution < -0.4 is 16.0 Å². The molecule has 0 saturated carbocycles. The minimum Gasteiger partial charge on any atom is -0.371 e. The average molecular weight is 511 g/mol. The molecule has 0 amide bonds. The molecule has 0 saturated heterocycles. The Morgan fingerprint density at radius 1 is 1.00 bits per heavy atom. The summed E-state index contributed by atoms with van der Waals surface area (Å²) in [7, 11) is 0. The van der Waals surface area contributed by atoms with Crippen molar-refractivity contribution in [3.05, 3.63) is 42.7 Å². The summed E-state index contributed by atoms with van der Waals surface area (Å²) in [6, 6.07) is 1.35. The fraction of sp³-hybridized carbons (Fsp3) is 0.591. The first-order valence-electron chi connectivity index (χ1n) is 11.4. The molecule has 0 fully saturated rings. The van der Waals surface area contributed by atoms with E-state index in [1.54, 1.807) is 13.8 Å². The van der Waals surface area contributed by atoms with Gasteiger partial charge in [-0.3, -0.25) is 20.2 Å². The number of nitro benzene ring substituents is 2. The molecule has 12 nitrogen and oxygen atoms in total. The lowest BCUT2D eigenvalue weighted by atomic mass is 10.0. The van der Waals surface area contributed by atoms with Gasteiger partial charge in [-0.05, 0) is 71.5 Å². The van der Waals surface area contributed by atoms with Gasteiger partial charge in [-0.25, -0.2) is 0 Å². The fourth-order valence-electron chi connectivity index (χ4n) is 3.07. The largest absolute Gasteiger partial charge is 0.371 e. The molecule has 2 aromatic rings. The van der Waals surface area contributed by atoms with Crippen molar-refractivity contribution >= 4 is 40.6 Å². The van der Waals surface area contributed by atoms with Gasteiger partial charge in [-0.1, -0.05) is 13.8 Å². The van der Waals surface area contributed by atoms with Gasteiger partial charge in [-0.2, -0.15) is 15.0 Å². The van der Waals surface area contributed by atoms with Crippen LogP contribution in [0.4, 0.5) is 29.0 Å². The Kier molecular flexibility index (Phi) is 11.0. The Morgan fingerprint density at radius 3 is 2.03 bits per heavy atom. The number of hydrogen-bond acceptors (Lipinski definition) is 10. The Bertz CT molecular complexity index is 1040. The number of aromatic nitrogens is 3. The second-order valence-electron chi connectivity index (χ2n) is 8.89. The van der Waals surface area contributed by atoms with E-state index in [0.29, 0.717) is 23.0 Å². The van der Waals surface area contributed by atoms with E-state index in [-0.39, 0.29) is 33.9 Å². The molecule has 0 radical (unpaired) electrons. The average Bonchev–Trinajstić information content (AvgIpc) is 2.72. The van der Waals surface area contributed by atoms with E-state index in [2.05, 4.69) is 30.9 Å². The van der Waals surface area contributed by atoms with E-state index in [1.807, 2.05) is 41.5 Å². The summed E-state index contributed by atoms with van der Waals surface area (Å²) in [5.74, 6) is 0.975. The topological polar surface area (TPSA) is 161 Å². The highest BCUT2D eigenvalue weighted by atomic mass is 35.5. The van der Waals surface area contributed by atoms with Gasteiger partial charge in [0.05, 0.1) is 9.85 Å². The van der Waals surface area contributed by atoms with Crippen molar-refractivity contribution in [2.75, 3.05) is 22.5 Å². The summed E-state index contributed by atoms with van der Waals surface area (Å²) in [5, 5.41) is 31.7. The Morgan fingerprint density at radius 2 is 1.57 bits per heavy atom. The molecular formula is C22H35ClN8O4. The van der Waals surface area contributed by atoms with Crippen LogP contribution in [0.5, 0.6) is 0 Å². The van der Waals surface area contributed by atoms with Crippen molar-refractivity contribution in [3.8, 4) is 0 Å². The summed E-state index contributed by atoms with van der Waals surface area (Å²) < 4.78 is 0. The molecule has 0 unspecified atom stereocenters. The van der Waals surface area contributed by atoms with Crippen LogP contribution in [0.2, 0.25) is 5.28 Å². The van der Waals surface area contributed by atoms with E-state index in [9.17, 15) is 20.2 Å². The molecule has 1 aromatic carbocycles. The zero-order valence-corrected chi connectivity index (χ0v) is 22.3. The number of aryl methyl sites for hydroxylation is 1. The number of anilines is 3. The Balaban J connectivity index is 0.000000365. The van der Waals surface area contributed by atoms with E-state index in [0.717, 1.165) is 19.4 Å². The lowest BCUT2D eigenvalue weighted by Gasteiger charge is -2.20. The minimum atomic E-state index is -0.579. The van der Waals surface area contributed by atoms with Crippen molar-refractivity contribution in [1.29, 1.82) is 0 Å². The molecule has 35 heavy (non-hydrogen) atoms. The van der Waals surface area contributed by atoms with Crippen molar-refractivity contribution in [1.82, 2.24) is 15.0 Å². The van der Waals surface area contributed by atoms with E-state index in [4.69, 9.17) is 11.6 Å². The number of halogens is 1. The number of rotatable bonds is 9. The maximum absolute atomic E-state index is 11.3. The van der Waals surface area contributed by atoms with Crippen LogP contribution >= 0.6 is 11.6 Å². The second kappa shape index (κ2) is 13.0. The molecule has 13 heteroatoms. The summed E-state index contributed by atoms with van der Waals surface area (Å²) >= 11 is 5.77. The molecule has 1 aromatic heterocycles. The van der Waals surface area contributed by atoms with Crippen LogP contribution in [0.1, 0.15) is 65.5 Å². The lowest BCUT2D eigenvalue weighted by molar-refractivity contribution is -0.392. The van der Waals surface area contributed by atoms with E-state index >= 15 is 0 Å². The van der Waals surface area contributed by atoms with Gasteiger partial charge >= 0.3 is 5.69 Å². The standard InChI is InChI=1S/C13H19N3O4.C9H16ClN5/c1-5-10(6-2)14-12-11(15(17)18)7-8(3)9(4)13(12)16(19)20;1-5-11-7-12-6(10)13-8(14-7)15-9(2,3)4/h7,10,14H,5-6H2,1-4H3;5H2,1-4H3,(H2,11,12,13,14,15). The maximum Gasteiger partial charge on any atom is 0.302 e. The fourth-order valence-corrected chi connectivity index (χ4v) is 3.23. The van der Waals surface area contributed by atoms with Gasteiger partial charge < -0.3 is 16.0 Å². The zero-order chi connectivity index (χ0) is 26.9. The monoisotopic (exact) mass is 510 g/mol. The van der Waals surface area contributed by atoms with Crippen LogP contribution in [0, 0.1) is 34.1 Å². The molecule has 3 N–H and O–H groups in total. The molecule has 0 aliphatic heterocycles. The predicted molar refractivity (Wildman–Crippen MR) is 140 cm³/mol. The SMILES string of the molecule is CCC(CC)Nc1c([N+](=O)[O-])cc(C)c(C)c1[N+](=O)[O-].CCNc1nc(Cl)nc(NC(C)(C)C)n1. The second-order valence-corrected chi connectivity index (χ2v) is 9.23. The van der Waals surface area contributed by atoms with Gasteiger partial charge in [0.1, 0.15) is 0 Å². The quantitative estimate of drug-likeness (QED) is 0.274. The molecular weight excluding hydrogens is 476 g/mol.